The number of fused-ring (bicyclic) bond motifs is 1. The summed E-state index contributed by atoms with van der Waals surface area (Å²) in [6.45, 7) is 4.34. The Balaban J connectivity index is 1.60. The van der Waals surface area contributed by atoms with Crippen LogP contribution in [0.3, 0.4) is 0 Å². The molecule has 0 aliphatic carbocycles. The van der Waals surface area contributed by atoms with E-state index in [1.807, 2.05) is 18.7 Å². The first-order valence-electron chi connectivity index (χ1n) is 8.96. The highest BCUT2D eigenvalue weighted by molar-refractivity contribution is 5.80. The Morgan fingerprint density at radius 3 is 2.78 bits per heavy atom. The molecule has 0 saturated carbocycles. The van der Waals surface area contributed by atoms with E-state index in [1.54, 1.807) is 6.07 Å². The Bertz CT molecular complexity index is 1010. The minimum atomic E-state index is -0.314. The zero-order valence-electron chi connectivity index (χ0n) is 15.3. The van der Waals surface area contributed by atoms with E-state index in [2.05, 4.69) is 19.9 Å². The van der Waals surface area contributed by atoms with E-state index < -0.39 is 0 Å². The van der Waals surface area contributed by atoms with Gasteiger partial charge in [-0.3, -0.25) is 4.79 Å². The van der Waals surface area contributed by atoms with Gasteiger partial charge in [-0.2, -0.15) is 0 Å². The lowest BCUT2D eigenvalue weighted by molar-refractivity contribution is -0.131. The van der Waals surface area contributed by atoms with Crippen molar-refractivity contribution in [2.45, 2.75) is 39.2 Å². The van der Waals surface area contributed by atoms with Gasteiger partial charge < -0.3 is 15.6 Å². The van der Waals surface area contributed by atoms with Crippen LogP contribution < -0.4 is 5.73 Å². The zero-order valence-corrected chi connectivity index (χ0v) is 15.3. The average molecular weight is 368 g/mol. The number of nitrogens with two attached hydrogens (primary N) is 1. The minimum absolute atomic E-state index is 0.00343. The van der Waals surface area contributed by atoms with Gasteiger partial charge in [-0.05, 0) is 44.9 Å². The molecule has 3 N–H and O–H groups in total. The van der Waals surface area contributed by atoms with Gasteiger partial charge in [0.25, 0.3) is 0 Å². The maximum Gasteiger partial charge on any atom is 0.227 e. The smallest absolute Gasteiger partial charge is 0.227 e. The highest BCUT2D eigenvalue weighted by atomic mass is 19.1. The van der Waals surface area contributed by atoms with Gasteiger partial charge in [0.1, 0.15) is 11.6 Å². The predicted octanol–water partition coefficient (Wildman–Crippen LogP) is 2.60. The number of aryl methyl sites for hydroxylation is 2. The lowest BCUT2D eigenvalue weighted by Gasteiger charge is -2.24. The third-order valence-corrected chi connectivity index (χ3v) is 5.12. The SMILES string of the molecule is Cc1nc(N)nc(C)c1CC(=O)N1CCC[C@H]1c1nc2ccc(F)cc2[nH]1. The van der Waals surface area contributed by atoms with Gasteiger partial charge in [0.15, 0.2) is 0 Å². The van der Waals surface area contributed by atoms with Crippen molar-refractivity contribution in [3.8, 4) is 0 Å². The largest absolute Gasteiger partial charge is 0.368 e. The number of carbonyl (C=O) groups is 1. The predicted molar refractivity (Wildman–Crippen MR) is 99.4 cm³/mol. The molecule has 7 nitrogen and oxygen atoms in total. The second kappa shape index (κ2) is 6.61. The fraction of sp³-hybridized carbons (Fsp3) is 0.368. The second-order valence-corrected chi connectivity index (χ2v) is 6.94. The molecule has 1 amide bonds. The zero-order chi connectivity index (χ0) is 19.1. The Morgan fingerprint density at radius 1 is 1.30 bits per heavy atom. The third kappa shape index (κ3) is 3.22. The number of amides is 1. The molecule has 1 aliphatic rings. The number of nitrogens with one attached hydrogen (secondary N) is 1. The minimum Gasteiger partial charge on any atom is -0.368 e. The number of carbonyl (C=O) groups excluding carboxylic acids is 1. The number of halogens is 1. The van der Waals surface area contributed by atoms with E-state index in [4.69, 9.17) is 5.73 Å². The van der Waals surface area contributed by atoms with E-state index in [1.165, 1.54) is 12.1 Å². The summed E-state index contributed by atoms with van der Waals surface area (Å²) in [5, 5.41) is 0. The van der Waals surface area contributed by atoms with Crippen LogP contribution in [-0.4, -0.2) is 37.3 Å². The number of imidazole rings is 1. The molecule has 27 heavy (non-hydrogen) atoms. The number of anilines is 1. The number of nitrogens with zero attached hydrogens (tertiary/aromatic N) is 4. The summed E-state index contributed by atoms with van der Waals surface area (Å²) in [7, 11) is 0. The summed E-state index contributed by atoms with van der Waals surface area (Å²) in [5.74, 6) is 0.605. The molecule has 2 aromatic heterocycles. The van der Waals surface area contributed by atoms with Crippen LogP contribution in [0.1, 0.15) is 41.7 Å². The number of nitrogen functional groups attached to an aromatic ring is 1. The Kier molecular flexibility index (Phi) is 4.25. The van der Waals surface area contributed by atoms with Crippen LogP contribution in [-0.2, 0) is 11.2 Å². The molecule has 3 aromatic rings. The maximum absolute atomic E-state index is 13.4. The Morgan fingerprint density at radius 2 is 2.04 bits per heavy atom. The molecule has 3 heterocycles. The van der Waals surface area contributed by atoms with Gasteiger partial charge in [-0.25, -0.2) is 19.3 Å². The normalized spacial score (nSPS) is 17.0. The first-order chi connectivity index (χ1) is 12.9. The Labute approximate surface area is 155 Å². The van der Waals surface area contributed by atoms with E-state index in [9.17, 15) is 9.18 Å². The number of likely N-dealkylation sites (tertiary alicyclic amines) is 1. The van der Waals surface area contributed by atoms with Gasteiger partial charge >= 0.3 is 0 Å². The molecule has 1 aromatic carbocycles. The lowest BCUT2D eigenvalue weighted by Crippen LogP contribution is -2.32. The van der Waals surface area contributed by atoms with Crippen LogP contribution in [0.5, 0.6) is 0 Å². The van der Waals surface area contributed by atoms with Crippen LogP contribution in [0.25, 0.3) is 11.0 Å². The molecular formula is C19H21FN6O. The Hall–Kier alpha value is -3.03. The third-order valence-electron chi connectivity index (χ3n) is 5.12. The van der Waals surface area contributed by atoms with Crippen molar-refractivity contribution in [3.63, 3.8) is 0 Å². The molecule has 4 rings (SSSR count). The van der Waals surface area contributed by atoms with Gasteiger partial charge in [0.2, 0.25) is 11.9 Å². The number of aromatic nitrogens is 4. The van der Waals surface area contributed by atoms with Crippen molar-refractivity contribution in [1.82, 2.24) is 24.8 Å². The standard InChI is InChI=1S/C19H21FN6O/c1-10-13(11(2)23-19(21)22-10)9-17(27)26-7-3-4-16(26)18-24-14-6-5-12(20)8-15(14)25-18/h5-6,8,16H,3-4,7,9H2,1-2H3,(H,24,25)(H2,21,22,23)/t16-/m0/s1. The molecule has 0 radical (unpaired) electrons. The first kappa shape index (κ1) is 17.4. The molecule has 1 aliphatic heterocycles. The molecule has 0 spiro atoms. The van der Waals surface area contributed by atoms with Crippen molar-refractivity contribution in [2.75, 3.05) is 12.3 Å². The van der Waals surface area contributed by atoms with E-state index >= 15 is 0 Å². The topological polar surface area (TPSA) is 101 Å². The van der Waals surface area contributed by atoms with Gasteiger partial charge in [-0.1, -0.05) is 0 Å². The van der Waals surface area contributed by atoms with E-state index in [0.29, 0.717) is 23.4 Å². The molecule has 0 bridgehead atoms. The van der Waals surface area contributed by atoms with Crippen LogP contribution in [0.2, 0.25) is 0 Å². The number of benzene rings is 1. The maximum atomic E-state index is 13.4. The summed E-state index contributed by atoms with van der Waals surface area (Å²) in [6, 6.07) is 4.32. The van der Waals surface area contributed by atoms with Crippen LogP contribution in [0.4, 0.5) is 10.3 Å². The number of aromatic amines is 1. The van der Waals surface area contributed by atoms with Crippen LogP contribution in [0.15, 0.2) is 18.2 Å². The molecule has 8 heteroatoms. The van der Waals surface area contributed by atoms with Crippen molar-refractivity contribution in [1.29, 1.82) is 0 Å². The monoisotopic (exact) mass is 368 g/mol. The number of H-pyrrole nitrogens is 1. The summed E-state index contributed by atoms with van der Waals surface area (Å²) >= 11 is 0. The van der Waals surface area contributed by atoms with Crippen molar-refractivity contribution in [3.05, 3.63) is 46.8 Å². The average Bonchev–Trinajstić information content (AvgIpc) is 3.23. The second-order valence-electron chi connectivity index (χ2n) is 6.94. The molecule has 140 valence electrons. The summed E-state index contributed by atoms with van der Waals surface area (Å²) < 4.78 is 13.4. The first-order valence-corrected chi connectivity index (χ1v) is 8.96. The van der Waals surface area contributed by atoms with Crippen molar-refractivity contribution >= 4 is 22.9 Å². The fourth-order valence-corrected chi connectivity index (χ4v) is 3.78. The highest BCUT2D eigenvalue weighted by Crippen LogP contribution is 2.32. The van der Waals surface area contributed by atoms with Crippen LogP contribution in [0, 0.1) is 19.7 Å². The van der Waals surface area contributed by atoms with Crippen molar-refractivity contribution < 1.29 is 9.18 Å². The van der Waals surface area contributed by atoms with Crippen molar-refractivity contribution in [2.24, 2.45) is 0 Å². The number of hydrogen-bond donors (Lipinski definition) is 2. The van der Waals surface area contributed by atoms with Gasteiger partial charge in [0.05, 0.1) is 23.5 Å². The van der Waals surface area contributed by atoms with Gasteiger partial charge in [-0.15, -0.1) is 0 Å². The van der Waals surface area contributed by atoms with Crippen LogP contribution >= 0.6 is 0 Å². The molecule has 0 unspecified atom stereocenters. The fourth-order valence-electron chi connectivity index (χ4n) is 3.78. The molecule has 1 saturated heterocycles. The number of rotatable bonds is 3. The van der Waals surface area contributed by atoms with Gasteiger partial charge in [0, 0.05) is 23.5 Å². The lowest BCUT2D eigenvalue weighted by atomic mass is 10.1. The summed E-state index contributed by atoms with van der Waals surface area (Å²) in [6.07, 6.45) is 1.95. The quantitative estimate of drug-likeness (QED) is 0.740. The highest BCUT2D eigenvalue weighted by Gasteiger charge is 2.32. The van der Waals surface area contributed by atoms with E-state index in [-0.39, 0.29) is 30.1 Å². The molecule has 1 atom stereocenters. The summed E-state index contributed by atoms with van der Waals surface area (Å²) in [4.78, 5) is 30.9. The number of hydrogen-bond acceptors (Lipinski definition) is 5. The molecular weight excluding hydrogens is 347 g/mol. The summed E-state index contributed by atoms with van der Waals surface area (Å²) in [5.41, 5.74) is 9.27. The van der Waals surface area contributed by atoms with E-state index in [0.717, 1.165) is 29.8 Å². The molecule has 1 fully saturated rings.